The Morgan fingerprint density at radius 3 is 2.63 bits per heavy atom. The van der Waals surface area contributed by atoms with Gasteiger partial charge in [-0.1, -0.05) is 23.7 Å². The van der Waals surface area contributed by atoms with Crippen molar-refractivity contribution >= 4 is 23.2 Å². The van der Waals surface area contributed by atoms with Crippen LogP contribution < -0.4 is 9.64 Å². The summed E-state index contributed by atoms with van der Waals surface area (Å²) in [6.07, 6.45) is -10.0. The number of anilines is 1. The molecular formula is C16H10ClF5N2O3. The van der Waals surface area contributed by atoms with Gasteiger partial charge in [-0.2, -0.15) is 22.0 Å². The van der Waals surface area contributed by atoms with Crippen LogP contribution in [-0.2, 0) is 11.3 Å². The third kappa shape index (κ3) is 3.67. The van der Waals surface area contributed by atoms with Crippen molar-refractivity contribution in [1.29, 1.82) is 0 Å². The van der Waals surface area contributed by atoms with E-state index in [1.807, 2.05) is 0 Å². The van der Waals surface area contributed by atoms with Gasteiger partial charge < -0.3 is 9.84 Å². The van der Waals surface area contributed by atoms with E-state index in [9.17, 15) is 31.9 Å². The molecule has 0 spiro atoms. The molecule has 0 bridgehead atoms. The Balaban J connectivity index is 2.10. The maximum absolute atomic E-state index is 14.0. The molecule has 2 aromatic rings. The number of aromatic nitrogens is 1. The Morgan fingerprint density at radius 2 is 2.00 bits per heavy atom. The molecule has 1 aliphatic heterocycles. The van der Waals surface area contributed by atoms with E-state index in [0.717, 1.165) is 18.2 Å². The second-order valence-electron chi connectivity index (χ2n) is 5.66. The largest absolute Gasteiger partial charge is 0.483 e. The van der Waals surface area contributed by atoms with Crippen molar-refractivity contribution in [3.8, 4) is 5.75 Å². The van der Waals surface area contributed by atoms with Crippen LogP contribution in [0.25, 0.3) is 0 Å². The smallest absolute Gasteiger partial charge is 0.423 e. The molecule has 27 heavy (non-hydrogen) atoms. The zero-order chi connectivity index (χ0) is 20.0. The molecule has 1 aromatic carbocycles. The number of benzene rings is 1. The molecule has 1 aromatic heterocycles. The highest BCUT2D eigenvalue weighted by atomic mass is 35.5. The molecular weight excluding hydrogens is 399 g/mol. The minimum Gasteiger partial charge on any atom is -0.423 e. The number of hydrogen-bond donors (Lipinski definition) is 1. The van der Waals surface area contributed by atoms with Crippen LogP contribution in [0.3, 0.4) is 0 Å². The number of halogens is 6. The van der Waals surface area contributed by atoms with E-state index in [1.165, 1.54) is 18.5 Å². The average Bonchev–Trinajstić information content (AvgIpc) is 2.57. The number of para-hydroxylation sites is 1. The first-order valence-electron chi connectivity index (χ1n) is 7.36. The molecule has 0 aliphatic carbocycles. The fourth-order valence-corrected chi connectivity index (χ4v) is 2.77. The van der Waals surface area contributed by atoms with Gasteiger partial charge in [-0.25, -0.2) is 0 Å². The van der Waals surface area contributed by atoms with Gasteiger partial charge in [0.25, 0.3) is 0 Å². The summed E-state index contributed by atoms with van der Waals surface area (Å²) in [4.78, 5) is 16.4. The summed E-state index contributed by atoms with van der Waals surface area (Å²) in [6, 6.07) is 4.38. The first-order chi connectivity index (χ1) is 12.5. The lowest BCUT2D eigenvalue weighted by Gasteiger charge is -2.35. The van der Waals surface area contributed by atoms with E-state index in [-0.39, 0.29) is 16.3 Å². The van der Waals surface area contributed by atoms with Crippen LogP contribution in [0.5, 0.6) is 5.75 Å². The number of amides is 1. The molecule has 144 valence electrons. The summed E-state index contributed by atoms with van der Waals surface area (Å²) >= 11 is 5.78. The van der Waals surface area contributed by atoms with Crippen molar-refractivity contribution < 1.29 is 36.6 Å². The number of ether oxygens (including phenoxy) is 1. The number of pyridine rings is 1. The van der Waals surface area contributed by atoms with E-state index in [2.05, 4.69) is 9.72 Å². The summed E-state index contributed by atoms with van der Waals surface area (Å²) < 4.78 is 70.9. The molecule has 5 nitrogen and oxygen atoms in total. The van der Waals surface area contributed by atoms with E-state index in [0.29, 0.717) is 4.90 Å². The Hall–Kier alpha value is -2.46. The molecule has 0 saturated heterocycles. The van der Waals surface area contributed by atoms with Gasteiger partial charge in [0.05, 0.1) is 17.3 Å². The van der Waals surface area contributed by atoms with Crippen LogP contribution in [-0.4, -0.2) is 28.3 Å². The standard InChI is InChI=1S/C16H10ClF5N2O3/c17-9-4-8(5-23-6-9)7-24-11-3-1-2-10(13(25)15(18,19)20)12(11)27-16(21,22)14(24)26/h1-6,13,25H,7H2/t13-/m0/s1. The van der Waals surface area contributed by atoms with Gasteiger partial charge in [0.1, 0.15) is 0 Å². The molecule has 1 aliphatic rings. The topological polar surface area (TPSA) is 62.7 Å². The molecule has 0 saturated carbocycles. The summed E-state index contributed by atoms with van der Waals surface area (Å²) in [6.45, 7) is -0.441. The number of aliphatic hydroxyl groups is 1. The quantitative estimate of drug-likeness (QED) is 0.784. The van der Waals surface area contributed by atoms with Gasteiger partial charge in [0.15, 0.2) is 11.9 Å². The van der Waals surface area contributed by atoms with Crippen molar-refractivity contribution in [3.05, 3.63) is 52.8 Å². The lowest BCUT2D eigenvalue weighted by atomic mass is 10.0. The Kier molecular flexibility index (Phi) is 4.73. The third-order valence-electron chi connectivity index (χ3n) is 3.75. The lowest BCUT2D eigenvalue weighted by Crippen LogP contribution is -2.50. The van der Waals surface area contributed by atoms with Crippen molar-refractivity contribution in [2.45, 2.75) is 24.9 Å². The molecule has 0 radical (unpaired) electrons. The normalized spacial score (nSPS) is 17.3. The first-order valence-corrected chi connectivity index (χ1v) is 7.74. The monoisotopic (exact) mass is 408 g/mol. The molecule has 0 unspecified atom stereocenters. The predicted molar refractivity (Wildman–Crippen MR) is 83.5 cm³/mol. The van der Waals surface area contributed by atoms with Gasteiger partial charge in [-0.15, -0.1) is 0 Å². The van der Waals surface area contributed by atoms with Crippen LogP contribution in [0.4, 0.5) is 27.6 Å². The van der Waals surface area contributed by atoms with Gasteiger partial charge in [-0.3, -0.25) is 14.7 Å². The Bertz CT molecular complexity index is 891. The highest BCUT2D eigenvalue weighted by molar-refractivity contribution is 6.30. The number of rotatable bonds is 3. The van der Waals surface area contributed by atoms with Crippen LogP contribution in [0.1, 0.15) is 17.2 Å². The van der Waals surface area contributed by atoms with Crippen LogP contribution in [0.2, 0.25) is 5.02 Å². The fourth-order valence-electron chi connectivity index (χ4n) is 2.58. The number of alkyl halides is 5. The van der Waals surface area contributed by atoms with Crippen LogP contribution >= 0.6 is 11.6 Å². The zero-order valence-electron chi connectivity index (χ0n) is 13.2. The number of fused-ring (bicyclic) bond motifs is 1. The highest BCUT2D eigenvalue weighted by Crippen LogP contribution is 2.47. The van der Waals surface area contributed by atoms with Gasteiger partial charge in [-0.05, 0) is 17.7 Å². The van der Waals surface area contributed by atoms with Gasteiger partial charge >= 0.3 is 18.2 Å². The molecule has 1 amide bonds. The fraction of sp³-hybridized carbons (Fsp3) is 0.250. The molecule has 11 heteroatoms. The van der Waals surface area contributed by atoms with E-state index in [1.54, 1.807) is 0 Å². The molecule has 2 heterocycles. The summed E-state index contributed by atoms with van der Waals surface area (Å²) in [5, 5.41) is 9.66. The predicted octanol–water partition coefficient (Wildman–Crippen LogP) is 3.85. The maximum atomic E-state index is 14.0. The minimum atomic E-state index is -5.11. The second kappa shape index (κ2) is 6.61. The zero-order valence-corrected chi connectivity index (χ0v) is 13.9. The molecule has 1 N–H and O–H groups in total. The van der Waals surface area contributed by atoms with Crippen molar-refractivity contribution in [3.63, 3.8) is 0 Å². The number of aliphatic hydroxyl groups excluding tert-OH is 1. The third-order valence-corrected chi connectivity index (χ3v) is 3.95. The van der Waals surface area contributed by atoms with Crippen molar-refractivity contribution in [2.24, 2.45) is 0 Å². The average molecular weight is 409 g/mol. The Labute approximate surface area is 153 Å². The SMILES string of the molecule is O=C1N(Cc2cncc(Cl)c2)c2cccc([C@H](O)C(F)(F)F)c2OC1(F)F. The molecule has 3 rings (SSSR count). The number of nitrogens with zero attached hydrogens (tertiary/aromatic N) is 2. The minimum absolute atomic E-state index is 0.182. The van der Waals surface area contributed by atoms with E-state index in [4.69, 9.17) is 11.6 Å². The van der Waals surface area contributed by atoms with Crippen LogP contribution in [0.15, 0.2) is 36.7 Å². The van der Waals surface area contributed by atoms with E-state index < -0.39 is 42.2 Å². The summed E-state index contributed by atoms with van der Waals surface area (Å²) in [7, 11) is 0. The Morgan fingerprint density at radius 1 is 1.30 bits per heavy atom. The first kappa shape index (κ1) is 19.3. The lowest BCUT2D eigenvalue weighted by molar-refractivity contribution is -0.211. The molecule has 0 fully saturated rings. The van der Waals surface area contributed by atoms with Crippen molar-refractivity contribution in [2.75, 3.05) is 4.90 Å². The van der Waals surface area contributed by atoms with Crippen molar-refractivity contribution in [1.82, 2.24) is 4.98 Å². The summed E-state index contributed by atoms with van der Waals surface area (Å²) in [5.41, 5.74) is -1.01. The number of carbonyl (C=O) groups is 1. The number of carbonyl (C=O) groups excluding carboxylic acids is 1. The second-order valence-corrected chi connectivity index (χ2v) is 6.10. The maximum Gasteiger partial charge on any atom is 0.483 e. The van der Waals surface area contributed by atoms with Gasteiger partial charge in [0, 0.05) is 18.0 Å². The summed E-state index contributed by atoms with van der Waals surface area (Å²) in [5.74, 6) is -2.70. The highest BCUT2D eigenvalue weighted by Gasteiger charge is 2.52. The van der Waals surface area contributed by atoms with Crippen LogP contribution in [0, 0.1) is 0 Å². The molecule has 1 atom stereocenters. The van der Waals surface area contributed by atoms with E-state index >= 15 is 0 Å². The van der Waals surface area contributed by atoms with Gasteiger partial charge in [0.2, 0.25) is 0 Å². The number of hydrogen-bond acceptors (Lipinski definition) is 4.